The highest BCUT2D eigenvalue weighted by Crippen LogP contribution is 2.28. The lowest BCUT2D eigenvalue weighted by Gasteiger charge is -2.13. The van der Waals surface area contributed by atoms with Gasteiger partial charge in [0.1, 0.15) is 0 Å². The van der Waals surface area contributed by atoms with E-state index in [1.54, 1.807) is 7.11 Å². The van der Waals surface area contributed by atoms with Gasteiger partial charge in [-0.15, -0.1) is 0 Å². The van der Waals surface area contributed by atoms with Gasteiger partial charge in [0.25, 0.3) is 0 Å². The summed E-state index contributed by atoms with van der Waals surface area (Å²) in [4.78, 5) is 12.0. The lowest BCUT2D eigenvalue weighted by molar-refractivity contribution is -0.121. The van der Waals surface area contributed by atoms with Gasteiger partial charge in [-0.3, -0.25) is 15.6 Å². The van der Waals surface area contributed by atoms with E-state index in [0.29, 0.717) is 43.0 Å². The van der Waals surface area contributed by atoms with Crippen LogP contribution in [0.3, 0.4) is 0 Å². The van der Waals surface area contributed by atoms with E-state index in [1.807, 2.05) is 32.0 Å². The zero-order valence-electron chi connectivity index (χ0n) is 14.3. The van der Waals surface area contributed by atoms with Gasteiger partial charge in [0.05, 0.1) is 26.2 Å². The van der Waals surface area contributed by atoms with Gasteiger partial charge in [-0.25, -0.2) is 0 Å². The summed E-state index contributed by atoms with van der Waals surface area (Å²) in [6.07, 6.45) is 0.195. The SMILES string of the molecule is CCOc1ccc(CC(=O)NNC(=S)NCCOC)cc1OCC. The van der Waals surface area contributed by atoms with Gasteiger partial charge in [0, 0.05) is 13.7 Å². The summed E-state index contributed by atoms with van der Waals surface area (Å²) in [5.41, 5.74) is 6.00. The van der Waals surface area contributed by atoms with E-state index in [-0.39, 0.29) is 12.3 Å². The molecule has 0 radical (unpaired) electrons. The Kier molecular flexibility index (Phi) is 9.55. The summed E-state index contributed by atoms with van der Waals surface area (Å²) in [5, 5.41) is 3.23. The van der Waals surface area contributed by atoms with Crippen LogP contribution < -0.4 is 25.6 Å². The molecule has 0 aliphatic carbocycles. The Hall–Kier alpha value is -2.06. The van der Waals surface area contributed by atoms with Gasteiger partial charge >= 0.3 is 0 Å². The third-order valence-corrected chi connectivity index (χ3v) is 3.13. The van der Waals surface area contributed by atoms with E-state index in [0.717, 1.165) is 5.56 Å². The molecule has 0 atom stereocenters. The first-order valence-corrected chi connectivity index (χ1v) is 8.21. The minimum atomic E-state index is -0.211. The molecule has 0 saturated carbocycles. The lowest BCUT2D eigenvalue weighted by atomic mass is 10.1. The number of benzene rings is 1. The number of hydrogen-bond acceptors (Lipinski definition) is 5. The molecule has 0 heterocycles. The maximum Gasteiger partial charge on any atom is 0.242 e. The van der Waals surface area contributed by atoms with Gasteiger partial charge in [-0.2, -0.15) is 0 Å². The molecule has 0 aliphatic rings. The molecule has 3 N–H and O–H groups in total. The van der Waals surface area contributed by atoms with Crippen LogP contribution >= 0.6 is 12.2 Å². The summed E-state index contributed by atoms with van der Waals surface area (Å²) in [6, 6.07) is 5.45. The maximum atomic E-state index is 12.0. The van der Waals surface area contributed by atoms with Gasteiger partial charge in [-0.05, 0) is 43.8 Å². The molecular weight excluding hydrogens is 330 g/mol. The molecule has 0 aliphatic heterocycles. The number of hydrazine groups is 1. The van der Waals surface area contributed by atoms with Gasteiger partial charge in [0.15, 0.2) is 16.6 Å². The van der Waals surface area contributed by atoms with Crippen molar-refractivity contribution in [2.45, 2.75) is 20.3 Å². The van der Waals surface area contributed by atoms with Crippen LogP contribution in [0.1, 0.15) is 19.4 Å². The molecule has 1 amide bonds. The highest BCUT2D eigenvalue weighted by Gasteiger charge is 2.09. The molecule has 7 nitrogen and oxygen atoms in total. The Morgan fingerprint density at radius 2 is 1.83 bits per heavy atom. The average Bonchev–Trinajstić information content (AvgIpc) is 2.56. The summed E-state index contributed by atoms with van der Waals surface area (Å²) in [7, 11) is 1.60. The van der Waals surface area contributed by atoms with Crippen LogP contribution in [0.4, 0.5) is 0 Å². The quantitative estimate of drug-likeness (QED) is 0.348. The van der Waals surface area contributed by atoms with Crippen molar-refractivity contribution in [2.75, 3.05) is 33.5 Å². The van der Waals surface area contributed by atoms with Crippen molar-refractivity contribution in [3.05, 3.63) is 23.8 Å². The Morgan fingerprint density at radius 1 is 1.12 bits per heavy atom. The largest absolute Gasteiger partial charge is 0.490 e. The monoisotopic (exact) mass is 355 g/mol. The van der Waals surface area contributed by atoms with Crippen molar-refractivity contribution in [3.8, 4) is 11.5 Å². The molecule has 134 valence electrons. The number of methoxy groups -OCH3 is 1. The summed E-state index contributed by atoms with van der Waals surface area (Å²) < 4.78 is 15.9. The average molecular weight is 355 g/mol. The maximum absolute atomic E-state index is 12.0. The van der Waals surface area contributed by atoms with Crippen molar-refractivity contribution < 1.29 is 19.0 Å². The Balaban J connectivity index is 2.51. The van der Waals surface area contributed by atoms with Gasteiger partial charge in [-0.1, -0.05) is 6.07 Å². The minimum Gasteiger partial charge on any atom is -0.490 e. The summed E-state index contributed by atoms with van der Waals surface area (Å²) in [6.45, 7) is 5.98. The van der Waals surface area contributed by atoms with Crippen molar-refractivity contribution in [2.24, 2.45) is 0 Å². The molecule has 0 aromatic heterocycles. The molecule has 1 rings (SSSR count). The number of carbonyl (C=O) groups is 1. The van der Waals surface area contributed by atoms with Crippen LogP contribution in [0.2, 0.25) is 0 Å². The lowest BCUT2D eigenvalue weighted by Crippen LogP contribution is -2.47. The summed E-state index contributed by atoms with van der Waals surface area (Å²) >= 11 is 5.02. The first-order chi connectivity index (χ1) is 11.6. The predicted octanol–water partition coefficient (Wildman–Crippen LogP) is 1.17. The highest BCUT2D eigenvalue weighted by molar-refractivity contribution is 7.80. The van der Waals surface area contributed by atoms with Crippen LogP contribution in [0.25, 0.3) is 0 Å². The standard InChI is InChI=1S/C16H25N3O4S/c1-4-22-13-7-6-12(10-14(13)23-5-2)11-15(20)18-19-16(24)17-8-9-21-3/h6-7,10H,4-5,8-9,11H2,1-3H3,(H,18,20)(H2,17,19,24). The first-order valence-electron chi connectivity index (χ1n) is 7.80. The van der Waals surface area contributed by atoms with Crippen LogP contribution in [0.5, 0.6) is 11.5 Å². The molecule has 0 fully saturated rings. The fraction of sp³-hybridized carbons (Fsp3) is 0.500. The molecule has 0 unspecified atom stereocenters. The predicted molar refractivity (Wildman–Crippen MR) is 96.2 cm³/mol. The fourth-order valence-corrected chi connectivity index (χ4v) is 2.03. The molecule has 24 heavy (non-hydrogen) atoms. The number of hydrogen-bond donors (Lipinski definition) is 3. The molecule has 1 aromatic rings. The van der Waals surface area contributed by atoms with Crippen molar-refractivity contribution in [1.82, 2.24) is 16.2 Å². The second-order valence-electron chi connectivity index (χ2n) is 4.75. The van der Waals surface area contributed by atoms with Crippen molar-refractivity contribution in [3.63, 3.8) is 0 Å². The van der Waals surface area contributed by atoms with Gasteiger partial charge < -0.3 is 19.5 Å². The Labute approximate surface area is 148 Å². The molecule has 0 saturated heterocycles. The third kappa shape index (κ3) is 7.47. The molecule has 1 aromatic carbocycles. The number of amides is 1. The van der Waals surface area contributed by atoms with E-state index in [4.69, 9.17) is 26.4 Å². The topological polar surface area (TPSA) is 80.9 Å². The molecule has 0 bridgehead atoms. The van der Waals surface area contributed by atoms with E-state index in [9.17, 15) is 4.79 Å². The number of ether oxygens (including phenoxy) is 3. The zero-order valence-corrected chi connectivity index (χ0v) is 15.1. The van der Waals surface area contributed by atoms with Crippen molar-refractivity contribution in [1.29, 1.82) is 0 Å². The smallest absolute Gasteiger partial charge is 0.242 e. The van der Waals surface area contributed by atoms with E-state index < -0.39 is 0 Å². The van der Waals surface area contributed by atoms with Crippen LogP contribution in [0, 0.1) is 0 Å². The van der Waals surface area contributed by atoms with Crippen LogP contribution in [-0.4, -0.2) is 44.5 Å². The summed E-state index contributed by atoms with van der Waals surface area (Å²) in [5.74, 6) is 1.09. The van der Waals surface area contributed by atoms with Crippen molar-refractivity contribution >= 4 is 23.2 Å². The second kappa shape index (κ2) is 11.5. The van der Waals surface area contributed by atoms with Gasteiger partial charge in [0.2, 0.25) is 5.91 Å². The fourth-order valence-electron chi connectivity index (χ4n) is 1.87. The number of nitrogens with one attached hydrogen (secondary N) is 3. The molecule has 8 heteroatoms. The first kappa shape index (κ1) is 20.0. The van der Waals surface area contributed by atoms with E-state index >= 15 is 0 Å². The molecule has 0 spiro atoms. The van der Waals surface area contributed by atoms with Crippen LogP contribution in [0.15, 0.2) is 18.2 Å². The normalized spacial score (nSPS) is 9.96. The minimum absolute atomic E-state index is 0.195. The highest BCUT2D eigenvalue weighted by atomic mass is 32.1. The molecular formula is C16H25N3O4S. The zero-order chi connectivity index (χ0) is 17.8. The Bertz CT molecular complexity index is 540. The van der Waals surface area contributed by atoms with E-state index in [2.05, 4.69) is 16.2 Å². The Morgan fingerprint density at radius 3 is 2.50 bits per heavy atom. The third-order valence-electron chi connectivity index (χ3n) is 2.88. The van der Waals surface area contributed by atoms with E-state index in [1.165, 1.54) is 0 Å². The second-order valence-corrected chi connectivity index (χ2v) is 5.15. The number of rotatable bonds is 9. The number of thiocarbonyl (C=S) groups is 1. The number of carbonyl (C=O) groups excluding carboxylic acids is 1. The van der Waals surface area contributed by atoms with Crippen LogP contribution in [-0.2, 0) is 16.0 Å².